The monoisotopic (exact) mass is 386 g/mol. The van der Waals surface area contributed by atoms with Gasteiger partial charge in [-0.15, -0.1) is 0 Å². The fourth-order valence-electron chi connectivity index (χ4n) is 4.05. The molecular weight excluding hydrogens is 355 g/mol. The standard InChI is InChI=1S/C18H31N2O5P/c21-16(14-8-4-3-5-9-14)11-12-20-15(17(22)19-18(20)23)10-6-1-2-7-13-26(24)25/h14-16,21H,1-13H2,(H,19,22,23). The summed E-state index contributed by atoms with van der Waals surface area (Å²) in [5.41, 5.74) is 0. The van der Waals surface area contributed by atoms with Crippen molar-refractivity contribution in [1.82, 2.24) is 10.2 Å². The van der Waals surface area contributed by atoms with Crippen molar-refractivity contribution in [2.45, 2.75) is 82.8 Å². The first-order valence-corrected chi connectivity index (χ1v) is 11.3. The number of rotatable bonds is 11. The van der Waals surface area contributed by atoms with Crippen molar-refractivity contribution >= 4 is 20.0 Å². The number of carbonyl (C=O) groups excluding carboxylic acids is 2. The Kier molecular flexibility index (Phi) is 8.96. The van der Waals surface area contributed by atoms with Gasteiger partial charge in [-0.25, -0.2) is 4.79 Å². The number of hydrogen-bond donors (Lipinski definition) is 2. The van der Waals surface area contributed by atoms with E-state index in [0.29, 0.717) is 31.7 Å². The Morgan fingerprint density at radius 3 is 2.54 bits per heavy atom. The highest BCUT2D eigenvalue weighted by Gasteiger charge is 2.38. The molecule has 1 aliphatic heterocycles. The third-order valence-electron chi connectivity index (χ3n) is 5.60. The van der Waals surface area contributed by atoms with Crippen molar-refractivity contribution < 1.29 is 24.2 Å². The number of aliphatic hydroxyl groups excluding tert-OH is 1. The summed E-state index contributed by atoms with van der Waals surface area (Å²) in [7, 11) is -2.31. The van der Waals surface area contributed by atoms with Crippen molar-refractivity contribution in [3.05, 3.63) is 0 Å². The molecule has 2 aliphatic rings. The van der Waals surface area contributed by atoms with E-state index in [1.54, 1.807) is 4.90 Å². The number of aliphatic hydroxyl groups is 1. The van der Waals surface area contributed by atoms with Crippen LogP contribution in [0, 0.1) is 5.92 Å². The molecule has 2 fully saturated rings. The van der Waals surface area contributed by atoms with Gasteiger partial charge in [-0.05, 0) is 44.4 Å². The van der Waals surface area contributed by atoms with Crippen LogP contribution in [0.2, 0.25) is 0 Å². The molecule has 1 aliphatic carbocycles. The van der Waals surface area contributed by atoms with Crippen LogP contribution < -0.4 is 10.2 Å². The van der Waals surface area contributed by atoms with Crippen LogP contribution in [-0.4, -0.2) is 46.8 Å². The molecule has 0 aromatic heterocycles. The summed E-state index contributed by atoms with van der Waals surface area (Å²) >= 11 is 0. The number of carbonyl (C=O) groups is 2. The molecule has 3 unspecified atom stereocenters. The predicted molar refractivity (Wildman–Crippen MR) is 96.8 cm³/mol. The van der Waals surface area contributed by atoms with E-state index in [4.69, 9.17) is 0 Å². The maximum atomic E-state index is 12.0. The third-order valence-corrected chi connectivity index (χ3v) is 6.28. The minimum atomic E-state index is -2.31. The van der Waals surface area contributed by atoms with Crippen LogP contribution in [0.25, 0.3) is 0 Å². The van der Waals surface area contributed by atoms with Gasteiger partial charge in [0, 0.05) is 6.54 Å². The molecule has 0 radical (unpaired) electrons. The van der Waals surface area contributed by atoms with Crippen molar-refractivity contribution in [2.75, 3.05) is 12.7 Å². The second kappa shape index (κ2) is 11.0. The Labute approximate surface area is 156 Å². The quantitative estimate of drug-likeness (QED) is 0.322. The van der Waals surface area contributed by atoms with Crippen molar-refractivity contribution in [3.63, 3.8) is 0 Å². The summed E-state index contributed by atoms with van der Waals surface area (Å²) in [6.45, 7) is 0.399. The number of amides is 3. The summed E-state index contributed by atoms with van der Waals surface area (Å²) in [6.07, 6.45) is 9.63. The molecule has 8 heteroatoms. The van der Waals surface area contributed by atoms with Crippen LogP contribution in [0.1, 0.15) is 70.6 Å². The lowest BCUT2D eigenvalue weighted by atomic mass is 9.84. The molecule has 0 aromatic rings. The lowest BCUT2D eigenvalue weighted by Crippen LogP contribution is -2.38. The zero-order chi connectivity index (χ0) is 18.9. The number of imide groups is 1. The summed E-state index contributed by atoms with van der Waals surface area (Å²) in [5, 5.41) is 12.8. The maximum absolute atomic E-state index is 12.0. The van der Waals surface area contributed by atoms with Crippen LogP contribution in [-0.2, 0) is 9.36 Å². The van der Waals surface area contributed by atoms with Gasteiger partial charge in [0.05, 0.1) is 6.10 Å². The van der Waals surface area contributed by atoms with E-state index in [2.05, 4.69) is 5.32 Å². The highest BCUT2D eigenvalue weighted by Crippen LogP contribution is 2.28. The van der Waals surface area contributed by atoms with Crippen molar-refractivity contribution in [1.29, 1.82) is 0 Å². The van der Waals surface area contributed by atoms with E-state index < -0.39 is 20.2 Å². The van der Waals surface area contributed by atoms with E-state index >= 15 is 0 Å². The van der Waals surface area contributed by atoms with Crippen LogP contribution in [0.4, 0.5) is 4.79 Å². The average molecular weight is 386 g/mol. The molecule has 3 atom stereocenters. The number of urea groups is 1. The van der Waals surface area contributed by atoms with Gasteiger partial charge in [0.15, 0.2) is 0 Å². The van der Waals surface area contributed by atoms with E-state index in [1.807, 2.05) is 0 Å². The van der Waals surface area contributed by atoms with E-state index in [0.717, 1.165) is 44.9 Å². The molecular formula is C18H31N2O5P. The van der Waals surface area contributed by atoms with Gasteiger partial charge in [-0.3, -0.25) is 10.1 Å². The predicted octanol–water partition coefficient (Wildman–Crippen LogP) is 2.29. The lowest BCUT2D eigenvalue weighted by Gasteiger charge is -2.29. The maximum Gasteiger partial charge on any atom is 0.324 e. The van der Waals surface area contributed by atoms with E-state index in [9.17, 15) is 24.2 Å². The van der Waals surface area contributed by atoms with Crippen molar-refractivity contribution in [3.8, 4) is 0 Å². The van der Waals surface area contributed by atoms with Gasteiger partial charge in [-0.1, -0.05) is 36.7 Å². The third kappa shape index (κ3) is 6.60. The molecule has 1 saturated heterocycles. The fourth-order valence-corrected chi connectivity index (χ4v) is 4.53. The molecule has 1 saturated carbocycles. The molecule has 3 amide bonds. The number of unbranched alkanes of at least 4 members (excludes halogenated alkanes) is 3. The number of nitrogens with zero attached hydrogens (tertiary/aromatic N) is 1. The van der Waals surface area contributed by atoms with Crippen LogP contribution in [0.15, 0.2) is 0 Å². The Balaban J connectivity index is 1.73. The smallest absolute Gasteiger partial charge is 0.324 e. The van der Waals surface area contributed by atoms with Crippen molar-refractivity contribution in [2.24, 2.45) is 5.92 Å². The summed E-state index contributed by atoms with van der Waals surface area (Å²) < 4.78 is 10.5. The van der Waals surface area contributed by atoms with E-state index in [-0.39, 0.29) is 18.1 Å². The van der Waals surface area contributed by atoms with Crippen LogP contribution >= 0.6 is 8.03 Å². The van der Waals surface area contributed by atoms with Crippen LogP contribution in [0.3, 0.4) is 0 Å². The molecule has 0 aromatic carbocycles. The van der Waals surface area contributed by atoms with Gasteiger partial charge in [-0.2, -0.15) is 0 Å². The number of hydrogen-bond acceptors (Lipinski definition) is 5. The van der Waals surface area contributed by atoms with Gasteiger partial charge >= 0.3 is 14.1 Å². The molecule has 0 bridgehead atoms. The average Bonchev–Trinajstić information content (AvgIpc) is 2.89. The van der Waals surface area contributed by atoms with Gasteiger partial charge in [0.2, 0.25) is 0 Å². The Bertz CT molecular complexity index is 496. The molecule has 2 N–H and O–H groups in total. The van der Waals surface area contributed by atoms with E-state index in [1.165, 1.54) is 6.42 Å². The van der Waals surface area contributed by atoms with Gasteiger partial charge < -0.3 is 14.9 Å². The second-order valence-corrected chi connectivity index (χ2v) is 8.63. The topological polar surface area (TPSA) is 110 Å². The molecule has 0 spiro atoms. The summed E-state index contributed by atoms with van der Waals surface area (Å²) in [4.78, 5) is 36.2. The molecule has 1 heterocycles. The first-order chi connectivity index (χ1) is 12.5. The fraction of sp³-hybridized carbons (Fsp3) is 0.889. The minimum Gasteiger partial charge on any atom is -0.596 e. The highest BCUT2D eigenvalue weighted by atomic mass is 31.1. The zero-order valence-corrected chi connectivity index (χ0v) is 16.3. The molecule has 2 rings (SSSR count). The highest BCUT2D eigenvalue weighted by molar-refractivity contribution is 7.36. The summed E-state index contributed by atoms with van der Waals surface area (Å²) in [6, 6.07) is -0.823. The van der Waals surface area contributed by atoms with Crippen LogP contribution in [0.5, 0.6) is 0 Å². The number of nitrogens with one attached hydrogen (secondary N) is 1. The SMILES string of the molecule is O=C1NC(=O)N(CCC(O)C2CCCCC2)C1CCCCCC[P+](=O)[O-]. The molecule has 26 heavy (non-hydrogen) atoms. The second-order valence-electron chi connectivity index (χ2n) is 7.52. The minimum absolute atomic E-state index is 0.211. The Morgan fingerprint density at radius 1 is 1.15 bits per heavy atom. The largest absolute Gasteiger partial charge is 0.596 e. The first-order valence-electron chi connectivity index (χ1n) is 9.90. The first kappa shape index (κ1) is 21.3. The van der Waals surface area contributed by atoms with Gasteiger partial charge in [0.25, 0.3) is 5.91 Å². The normalized spacial score (nSPS) is 23.2. The Hall–Kier alpha value is -1.04. The zero-order valence-electron chi connectivity index (χ0n) is 15.4. The summed E-state index contributed by atoms with van der Waals surface area (Å²) in [5.74, 6) is 0.0564. The lowest BCUT2D eigenvalue weighted by molar-refractivity contribution is -0.164. The molecule has 7 nitrogen and oxygen atoms in total. The molecule has 148 valence electrons. The van der Waals surface area contributed by atoms with Gasteiger partial charge in [0.1, 0.15) is 12.2 Å². The Morgan fingerprint density at radius 2 is 1.85 bits per heavy atom.